The van der Waals surface area contributed by atoms with E-state index >= 15 is 0 Å². The van der Waals surface area contributed by atoms with Gasteiger partial charge in [0.1, 0.15) is 0 Å². The maximum absolute atomic E-state index is 11.4. The standard InChI is InChI=1S/C12H20N4O4/c1-2-20-7-3-4-13-12(19)14-5-6-16-8-10(11(17)18)15-9-16/h8-9H,2-7H2,1H3,(H,17,18)(H2,13,14,19). The summed E-state index contributed by atoms with van der Waals surface area (Å²) in [5.74, 6) is -1.07. The van der Waals surface area contributed by atoms with Gasteiger partial charge in [-0.15, -0.1) is 0 Å². The summed E-state index contributed by atoms with van der Waals surface area (Å²) >= 11 is 0. The zero-order valence-corrected chi connectivity index (χ0v) is 11.5. The molecule has 1 aromatic heterocycles. The van der Waals surface area contributed by atoms with E-state index in [1.165, 1.54) is 12.5 Å². The van der Waals surface area contributed by atoms with Crippen LogP contribution in [0.1, 0.15) is 23.8 Å². The normalized spacial score (nSPS) is 10.2. The molecular weight excluding hydrogens is 264 g/mol. The first-order valence-electron chi connectivity index (χ1n) is 6.48. The topological polar surface area (TPSA) is 105 Å². The average molecular weight is 284 g/mol. The van der Waals surface area contributed by atoms with E-state index in [9.17, 15) is 9.59 Å². The van der Waals surface area contributed by atoms with Crippen molar-refractivity contribution in [3.8, 4) is 0 Å². The molecule has 1 heterocycles. The van der Waals surface area contributed by atoms with Crippen molar-refractivity contribution in [2.75, 3.05) is 26.3 Å². The Morgan fingerprint density at radius 1 is 1.40 bits per heavy atom. The zero-order chi connectivity index (χ0) is 14.8. The van der Waals surface area contributed by atoms with Crippen molar-refractivity contribution in [3.63, 3.8) is 0 Å². The van der Waals surface area contributed by atoms with Crippen LogP contribution >= 0.6 is 0 Å². The molecule has 20 heavy (non-hydrogen) atoms. The Morgan fingerprint density at radius 2 is 2.15 bits per heavy atom. The minimum absolute atomic E-state index is 0.00891. The largest absolute Gasteiger partial charge is 0.476 e. The van der Waals surface area contributed by atoms with Crippen LogP contribution in [0.5, 0.6) is 0 Å². The molecule has 8 nitrogen and oxygen atoms in total. The number of carboxylic acid groups (broad SMARTS) is 1. The van der Waals surface area contributed by atoms with Crippen LogP contribution in [0.4, 0.5) is 4.79 Å². The van der Waals surface area contributed by atoms with E-state index in [1.54, 1.807) is 4.57 Å². The summed E-state index contributed by atoms with van der Waals surface area (Å²) in [7, 11) is 0. The maximum atomic E-state index is 11.4. The molecule has 2 amide bonds. The number of carboxylic acids is 1. The summed E-state index contributed by atoms with van der Waals surface area (Å²) in [6.45, 7) is 4.64. The molecule has 0 saturated heterocycles. The molecule has 0 aliphatic heterocycles. The Hall–Kier alpha value is -2.09. The quantitative estimate of drug-likeness (QED) is 0.566. The number of urea groups is 1. The van der Waals surface area contributed by atoms with Gasteiger partial charge in [0.25, 0.3) is 0 Å². The second-order valence-electron chi connectivity index (χ2n) is 4.04. The number of nitrogens with zero attached hydrogens (tertiary/aromatic N) is 2. The number of carbonyl (C=O) groups is 2. The summed E-state index contributed by atoms with van der Waals surface area (Å²) in [6, 6.07) is -0.250. The van der Waals surface area contributed by atoms with Gasteiger partial charge in [-0.05, 0) is 13.3 Å². The fourth-order valence-corrected chi connectivity index (χ4v) is 1.47. The van der Waals surface area contributed by atoms with E-state index in [4.69, 9.17) is 9.84 Å². The number of amides is 2. The Kier molecular flexibility index (Phi) is 7.12. The molecule has 0 radical (unpaired) electrons. The molecule has 0 saturated carbocycles. The third kappa shape index (κ3) is 6.19. The lowest BCUT2D eigenvalue weighted by Crippen LogP contribution is -2.37. The molecule has 112 valence electrons. The smallest absolute Gasteiger partial charge is 0.356 e. The van der Waals surface area contributed by atoms with Gasteiger partial charge in [0.2, 0.25) is 0 Å². The highest BCUT2D eigenvalue weighted by atomic mass is 16.5. The number of rotatable bonds is 9. The van der Waals surface area contributed by atoms with Crippen LogP contribution in [0.3, 0.4) is 0 Å². The third-order valence-corrected chi connectivity index (χ3v) is 2.46. The first-order chi connectivity index (χ1) is 9.63. The molecule has 0 aromatic carbocycles. The fourth-order valence-electron chi connectivity index (χ4n) is 1.47. The van der Waals surface area contributed by atoms with Crippen LogP contribution in [0, 0.1) is 0 Å². The molecular formula is C12H20N4O4. The van der Waals surface area contributed by atoms with Crippen molar-refractivity contribution in [3.05, 3.63) is 18.2 Å². The minimum atomic E-state index is -1.07. The number of aromatic nitrogens is 2. The van der Waals surface area contributed by atoms with E-state index in [1.807, 2.05) is 6.92 Å². The van der Waals surface area contributed by atoms with Crippen molar-refractivity contribution < 1.29 is 19.4 Å². The Labute approximate surface area is 117 Å². The van der Waals surface area contributed by atoms with Gasteiger partial charge in [0, 0.05) is 39.0 Å². The van der Waals surface area contributed by atoms with Gasteiger partial charge in [-0.3, -0.25) is 0 Å². The fraction of sp³-hybridized carbons (Fsp3) is 0.583. The van der Waals surface area contributed by atoms with Crippen LogP contribution < -0.4 is 10.6 Å². The van der Waals surface area contributed by atoms with Gasteiger partial charge in [-0.2, -0.15) is 0 Å². The molecule has 0 bridgehead atoms. The van der Waals surface area contributed by atoms with Gasteiger partial charge in [0.15, 0.2) is 5.69 Å². The molecule has 0 aliphatic rings. The summed E-state index contributed by atoms with van der Waals surface area (Å²) < 4.78 is 6.76. The summed E-state index contributed by atoms with van der Waals surface area (Å²) in [5.41, 5.74) is -0.00891. The zero-order valence-electron chi connectivity index (χ0n) is 11.5. The van der Waals surface area contributed by atoms with E-state index in [0.29, 0.717) is 32.8 Å². The lowest BCUT2D eigenvalue weighted by Gasteiger charge is -2.07. The van der Waals surface area contributed by atoms with Crippen molar-refractivity contribution in [2.24, 2.45) is 0 Å². The van der Waals surface area contributed by atoms with Crippen LogP contribution in [0.2, 0.25) is 0 Å². The monoisotopic (exact) mass is 284 g/mol. The van der Waals surface area contributed by atoms with Gasteiger partial charge in [-0.1, -0.05) is 0 Å². The minimum Gasteiger partial charge on any atom is -0.476 e. The number of hydrogen-bond acceptors (Lipinski definition) is 4. The average Bonchev–Trinajstić information content (AvgIpc) is 2.87. The van der Waals surface area contributed by atoms with E-state index in [2.05, 4.69) is 15.6 Å². The highest BCUT2D eigenvalue weighted by Crippen LogP contribution is 1.95. The Balaban J connectivity index is 2.10. The van der Waals surface area contributed by atoms with Crippen molar-refractivity contribution >= 4 is 12.0 Å². The number of ether oxygens (including phenoxy) is 1. The summed E-state index contributed by atoms with van der Waals surface area (Å²) in [6.07, 6.45) is 3.61. The molecule has 0 aliphatic carbocycles. The lowest BCUT2D eigenvalue weighted by molar-refractivity contribution is 0.0691. The number of imidazole rings is 1. The molecule has 0 fully saturated rings. The number of hydrogen-bond donors (Lipinski definition) is 3. The van der Waals surface area contributed by atoms with Crippen molar-refractivity contribution in [2.45, 2.75) is 19.9 Å². The highest BCUT2D eigenvalue weighted by molar-refractivity contribution is 5.84. The lowest BCUT2D eigenvalue weighted by atomic mass is 10.4. The van der Waals surface area contributed by atoms with E-state index < -0.39 is 5.97 Å². The van der Waals surface area contributed by atoms with Crippen molar-refractivity contribution in [1.29, 1.82) is 0 Å². The predicted octanol–water partition coefficient (Wildman–Crippen LogP) is 0.307. The Morgan fingerprint density at radius 3 is 2.80 bits per heavy atom. The summed E-state index contributed by atoms with van der Waals surface area (Å²) in [4.78, 5) is 25.7. The number of aromatic carboxylic acids is 1. The van der Waals surface area contributed by atoms with Crippen LogP contribution in [0.15, 0.2) is 12.5 Å². The molecule has 1 aromatic rings. The molecule has 8 heteroatoms. The second kappa shape index (κ2) is 8.92. The first-order valence-corrected chi connectivity index (χ1v) is 6.48. The van der Waals surface area contributed by atoms with Crippen LogP contribution in [-0.2, 0) is 11.3 Å². The predicted molar refractivity (Wildman–Crippen MR) is 71.7 cm³/mol. The highest BCUT2D eigenvalue weighted by Gasteiger charge is 2.06. The third-order valence-electron chi connectivity index (χ3n) is 2.46. The van der Waals surface area contributed by atoms with E-state index in [-0.39, 0.29) is 11.7 Å². The van der Waals surface area contributed by atoms with Crippen molar-refractivity contribution in [1.82, 2.24) is 20.2 Å². The van der Waals surface area contributed by atoms with Gasteiger partial charge in [0.05, 0.1) is 6.33 Å². The van der Waals surface area contributed by atoms with E-state index in [0.717, 1.165) is 6.42 Å². The molecule has 0 atom stereocenters. The van der Waals surface area contributed by atoms with Crippen LogP contribution in [0.25, 0.3) is 0 Å². The maximum Gasteiger partial charge on any atom is 0.356 e. The molecule has 0 spiro atoms. The molecule has 0 unspecified atom stereocenters. The molecule has 1 rings (SSSR count). The van der Waals surface area contributed by atoms with Gasteiger partial charge in [-0.25, -0.2) is 14.6 Å². The SMILES string of the molecule is CCOCCCNC(=O)NCCn1cnc(C(=O)O)c1. The first kappa shape index (κ1) is 16.0. The van der Waals surface area contributed by atoms with Gasteiger partial charge < -0.3 is 25.0 Å². The number of nitrogens with one attached hydrogen (secondary N) is 2. The second-order valence-corrected chi connectivity index (χ2v) is 4.04. The number of carbonyl (C=O) groups excluding carboxylic acids is 1. The van der Waals surface area contributed by atoms with Crippen LogP contribution in [-0.4, -0.2) is 53.0 Å². The Bertz CT molecular complexity index is 433. The van der Waals surface area contributed by atoms with Gasteiger partial charge >= 0.3 is 12.0 Å². The molecule has 3 N–H and O–H groups in total. The summed E-state index contributed by atoms with van der Waals surface area (Å²) in [5, 5.41) is 14.1.